The zero-order chi connectivity index (χ0) is 13.9. The molecule has 1 saturated heterocycles. The van der Waals surface area contributed by atoms with Gasteiger partial charge in [0.1, 0.15) is 5.54 Å². The third-order valence-electron chi connectivity index (χ3n) is 3.79. The number of carboxylic acids is 1. The van der Waals surface area contributed by atoms with Crippen molar-refractivity contribution < 1.29 is 9.90 Å². The molecule has 0 aliphatic carbocycles. The predicted octanol–water partition coefficient (Wildman–Crippen LogP) is 2.04. The van der Waals surface area contributed by atoms with Crippen molar-refractivity contribution in [3.05, 3.63) is 34.3 Å². The lowest BCUT2D eigenvalue weighted by atomic mass is 9.89. The van der Waals surface area contributed by atoms with Gasteiger partial charge >= 0.3 is 5.97 Å². The molecule has 0 amide bonds. The molecule has 1 aliphatic rings. The van der Waals surface area contributed by atoms with Crippen LogP contribution >= 0.6 is 15.9 Å². The lowest BCUT2D eigenvalue weighted by Gasteiger charge is -2.38. The average molecular weight is 327 g/mol. The Kier molecular flexibility index (Phi) is 4.60. The summed E-state index contributed by atoms with van der Waals surface area (Å²) in [5, 5.41) is 13.1. The number of rotatable bonds is 3. The van der Waals surface area contributed by atoms with E-state index in [0.717, 1.165) is 42.6 Å². The van der Waals surface area contributed by atoms with Crippen molar-refractivity contribution in [3.8, 4) is 0 Å². The third-order valence-corrected chi connectivity index (χ3v) is 4.48. The molecule has 0 spiro atoms. The van der Waals surface area contributed by atoms with Crippen LogP contribution in [0.5, 0.6) is 0 Å². The van der Waals surface area contributed by atoms with Crippen LogP contribution in [0.1, 0.15) is 18.9 Å². The summed E-state index contributed by atoms with van der Waals surface area (Å²) in [4.78, 5) is 14.0. The Morgan fingerprint density at radius 2 is 2.11 bits per heavy atom. The highest BCUT2D eigenvalue weighted by Crippen LogP contribution is 2.34. The first-order valence-corrected chi connectivity index (χ1v) is 7.30. The minimum atomic E-state index is -0.994. The van der Waals surface area contributed by atoms with Crippen molar-refractivity contribution in [2.75, 3.05) is 26.2 Å². The fourth-order valence-corrected chi connectivity index (χ4v) is 3.24. The highest BCUT2D eigenvalue weighted by molar-refractivity contribution is 9.10. The van der Waals surface area contributed by atoms with Gasteiger partial charge in [-0.1, -0.05) is 34.1 Å². The topological polar surface area (TPSA) is 52.6 Å². The Hall–Kier alpha value is -0.910. The third kappa shape index (κ3) is 2.83. The van der Waals surface area contributed by atoms with E-state index in [1.807, 2.05) is 24.3 Å². The molecule has 2 N–H and O–H groups in total. The van der Waals surface area contributed by atoms with E-state index in [4.69, 9.17) is 0 Å². The molecular weight excluding hydrogens is 308 g/mol. The van der Waals surface area contributed by atoms with Crippen LogP contribution in [0.15, 0.2) is 28.7 Å². The van der Waals surface area contributed by atoms with E-state index < -0.39 is 11.5 Å². The van der Waals surface area contributed by atoms with Gasteiger partial charge in [-0.3, -0.25) is 4.90 Å². The van der Waals surface area contributed by atoms with Gasteiger partial charge in [0.25, 0.3) is 0 Å². The van der Waals surface area contributed by atoms with Crippen molar-refractivity contribution in [1.82, 2.24) is 10.2 Å². The molecule has 104 valence electrons. The number of hydrogen-bond donors (Lipinski definition) is 2. The number of carboxylic acid groups (broad SMARTS) is 1. The molecule has 1 unspecified atom stereocenters. The summed E-state index contributed by atoms with van der Waals surface area (Å²) in [6.07, 6.45) is 0.966. The maximum atomic E-state index is 11.9. The molecule has 5 heteroatoms. The van der Waals surface area contributed by atoms with Crippen molar-refractivity contribution in [2.24, 2.45) is 0 Å². The van der Waals surface area contributed by atoms with Crippen molar-refractivity contribution >= 4 is 21.9 Å². The monoisotopic (exact) mass is 326 g/mol. The molecule has 0 saturated carbocycles. The van der Waals surface area contributed by atoms with E-state index in [1.54, 1.807) is 6.92 Å². The number of aliphatic carboxylic acids is 1. The number of hydrogen-bond acceptors (Lipinski definition) is 3. The summed E-state index contributed by atoms with van der Waals surface area (Å²) in [6, 6.07) is 7.57. The van der Waals surface area contributed by atoms with Crippen LogP contribution in [0, 0.1) is 0 Å². The van der Waals surface area contributed by atoms with E-state index in [0.29, 0.717) is 0 Å². The van der Waals surface area contributed by atoms with Gasteiger partial charge in [0.15, 0.2) is 0 Å². The molecule has 1 aromatic carbocycles. The van der Waals surface area contributed by atoms with E-state index in [1.165, 1.54) is 0 Å². The lowest BCUT2D eigenvalue weighted by Crippen LogP contribution is -2.51. The smallest absolute Gasteiger partial charge is 0.328 e. The molecule has 0 bridgehead atoms. The summed E-state index contributed by atoms with van der Waals surface area (Å²) in [6.45, 7) is 5.09. The second-order valence-corrected chi connectivity index (χ2v) is 5.80. The molecular formula is C14H19BrN2O2. The standard InChI is InChI=1S/C14H19BrN2O2/c1-14(13(18)19,11-5-2-3-6-12(11)15)17-9-4-7-16-8-10-17/h2-3,5-6,16H,4,7-10H2,1H3,(H,18,19). The largest absolute Gasteiger partial charge is 0.480 e. The minimum absolute atomic E-state index is 0.740. The molecule has 2 rings (SSSR count). The van der Waals surface area contributed by atoms with Crippen LogP contribution in [0.3, 0.4) is 0 Å². The number of nitrogens with zero attached hydrogens (tertiary/aromatic N) is 1. The number of benzene rings is 1. The first-order valence-electron chi connectivity index (χ1n) is 6.51. The number of carbonyl (C=O) groups is 1. The lowest BCUT2D eigenvalue weighted by molar-refractivity contribution is -0.151. The predicted molar refractivity (Wildman–Crippen MR) is 78.2 cm³/mol. The molecule has 4 nitrogen and oxygen atoms in total. The van der Waals surface area contributed by atoms with Crippen LogP contribution in [-0.2, 0) is 10.3 Å². The summed E-state index contributed by atoms with van der Waals surface area (Å²) in [5.41, 5.74) is -0.184. The van der Waals surface area contributed by atoms with E-state index in [-0.39, 0.29) is 0 Å². The summed E-state index contributed by atoms with van der Waals surface area (Å²) in [7, 11) is 0. The quantitative estimate of drug-likeness (QED) is 0.892. The Bertz CT molecular complexity index is 459. The van der Waals surface area contributed by atoms with Crippen molar-refractivity contribution in [1.29, 1.82) is 0 Å². The molecule has 19 heavy (non-hydrogen) atoms. The Morgan fingerprint density at radius 3 is 2.79 bits per heavy atom. The maximum absolute atomic E-state index is 11.9. The summed E-state index contributed by atoms with van der Waals surface area (Å²) >= 11 is 3.48. The Labute approximate surface area is 121 Å². The molecule has 0 aromatic heterocycles. The van der Waals surface area contributed by atoms with E-state index >= 15 is 0 Å². The second-order valence-electron chi connectivity index (χ2n) is 4.95. The second kappa shape index (κ2) is 6.03. The summed E-state index contributed by atoms with van der Waals surface area (Å²) < 4.78 is 0.845. The van der Waals surface area contributed by atoms with Gasteiger partial charge in [0, 0.05) is 24.1 Å². The molecule has 1 aromatic rings. The SMILES string of the molecule is CC(C(=O)O)(c1ccccc1Br)N1CCCNCC1. The molecule has 1 atom stereocenters. The van der Waals surface area contributed by atoms with Gasteiger partial charge in [0.05, 0.1) is 0 Å². The molecule has 1 fully saturated rings. The number of nitrogens with one attached hydrogen (secondary N) is 1. The summed E-state index contributed by atoms with van der Waals surface area (Å²) in [5.74, 6) is -0.804. The zero-order valence-corrected chi connectivity index (χ0v) is 12.6. The van der Waals surface area contributed by atoms with Gasteiger partial charge in [-0.05, 0) is 31.5 Å². The molecule has 1 heterocycles. The van der Waals surface area contributed by atoms with Crippen LogP contribution < -0.4 is 5.32 Å². The van der Waals surface area contributed by atoms with Crippen LogP contribution in [-0.4, -0.2) is 42.2 Å². The van der Waals surface area contributed by atoms with Crippen LogP contribution in [0.4, 0.5) is 0 Å². The van der Waals surface area contributed by atoms with Gasteiger partial charge in [-0.2, -0.15) is 0 Å². The van der Waals surface area contributed by atoms with Crippen LogP contribution in [0.25, 0.3) is 0 Å². The van der Waals surface area contributed by atoms with Crippen molar-refractivity contribution in [2.45, 2.75) is 18.9 Å². The number of halogens is 1. The van der Waals surface area contributed by atoms with E-state index in [2.05, 4.69) is 26.1 Å². The van der Waals surface area contributed by atoms with Gasteiger partial charge < -0.3 is 10.4 Å². The highest BCUT2D eigenvalue weighted by Gasteiger charge is 2.42. The highest BCUT2D eigenvalue weighted by atomic mass is 79.9. The first-order chi connectivity index (χ1) is 9.06. The van der Waals surface area contributed by atoms with Gasteiger partial charge in [-0.25, -0.2) is 4.79 Å². The van der Waals surface area contributed by atoms with Gasteiger partial charge in [-0.15, -0.1) is 0 Å². The fraction of sp³-hybridized carbons (Fsp3) is 0.500. The zero-order valence-electron chi connectivity index (χ0n) is 11.0. The minimum Gasteiger partial charge on any atom is -0.480 e. The van der Waals surface area contributed by atoms with Gasteiger partial charge in [0.2, 0.25) is 0 Å². The molecule has 0 radical (unpaired) electrons. The Morgan fingerprint density at radius 1 is 1.37 bits per heavy atom. The maximum Gasteiger partial charge on any atom is 0.328 e. The van der Waals surface area contributed by atoms with Crippen LogP contribution in [0.2, 0.25) is 0 Å². The fourth-order valence-electron chi connectivity index (χ4n) is 2.57. The van der Waals surface area contributed by atoms with Crippen molar-refractivity contribution in [3.63, 3.8) is 0 Å². The molecule has 1 aliphatic heterocycles. The first kappa shape index (κ1) is 14.5. The van der Waals surface area contributed by atoms with E-state index in [9.17, 15) is 9.90 Å². The average Bonchev–Trinajstić information content (AvgIpc) is 2.67. The Balaban J connectivity index is 2.42. The normalized spacial score (nSPS) is 20.5.